The summed E-state index contributed by atoms with van der Waals surface area (Å²) in [5, 5.41) is 4.94. The van der Waals surface area contributed by atoms with Crippen molar-refractivity contribution in [3.8, 4) is 67.5 Å². The lowest BCUT2D eigenvalue weighted by atomic mass is 9.82. The van der Waals surface area contributed by atoms with Crippen LogP contribution in [-0.4, -0.2) is 19.1 Å². The van der Waals surface area contributed by atoms with Crippen molar-refractivity contribution in [1.82, 2.24) is 19.1 Å². The molecule has 12 aromatic rings. The van der Waals surface area contributed by atoms with Crippen molar-refractivity contribution in [3.63, 3.8) is 0 Å². The molecule has 13 rings (SSSR count). The third-order valence-electron chi connectivity index (χ3n) is 13.7. The summed E-state index contributed by atoms with van der Waals surface area (Å²) < 4.78 is 4.83. The van der Waals surface area contributed by atoms with Gasteiger partial charge in [0.2, 0.25) is 0 Å². The van der Waals surface area contributed by atoms with Crippen LogP contribution in [0.3, 0.4) is 0 Å². The van der Waals surface area contributed by atoms with E-state index in [0.29, 0.717) is 5.82 Å². The summed E-state index contributed by atoms with van der Waals surface area (Å²) in [6.07, 6.45) is 0. The molecular weight excluding hydrogens is 789 g/mol. The summed E-state index contributed by atoms with van der Waals surface area (Å²) in [4.78, 5) is 10.3. The first-order valence-electron chi connectivity index (χ1n) is 22.4. The lowest BCUT2D eigenvalue weighted by Crippen LogP contribution is -2.14. The van der Waals surface area contributed by atoms with Gasteiger partial charge in [-0.05, 0) is 106 Å². The van der Waals surface area contributed by atoms with Gasteiger partial charge in [0.15, 0.2) is 5.82 Å². The van der Waals surface area contributed by atoms with Crippen molar-refractivity contribution in [2.75, 3.05) is 0 Å². The van der Waals surface area contributed by atoms with Crippen LogP contribution in [0.25, 0.3) is 111 Å². The molecule has 0 saturated heterocycles. The summed E-state index contributed by atoms with van der Waals surface area (Å²) >= 11 is 0. The van der Waals surface area contributed by atoms with Crippen molar-refractivity contribution in [1.29, 1.82) is 0 Å². The van der Waals surface area contributed by atoms with Crippen LogP contribution in [0.2, 0.25) is 0 Å². The lowest BCUT2D eigenvalue weighted by Gasteiger charge is -2.21. The van der Waals surface area contributed by atoms with E-state index in [2.05, 4.69) is 229 Å². The number of fused-ring (bicyclic) bond motifs is 9. The Hall–Kier alpha value is -8.34. The molecule has 0 unspecified atom stereocenters. The van der Waals surface area contributed by atoms with E-state index in [1.54, 1.807) is 0 Å². The van der Waals surface area contributed by atoms with Crippen molar-refractivity contribution >= 4 is 43.6 Å². The molecule has 0 radical (unpaired) electrons. The molecule has 0 atom stereocenters. The third kappa shape index (κ3) is 5.84. The molecule has 3 aromatic heterocycles. The fraction of sp³-hybridized carbons (Fsp3) is 0.0492. The third-order valence-corrected chi connectivity index (χ3v) is 13.7. The Morgan fingerprint density at radius 3 is 1.54 bits per heavy atom. The number of hydrogen-bond donors (Lipinski definition) is 0. The van der Waals surface area contributed by atoms with Gasteiger partial charge in [-0.25, -0.2) is 9.97 Å². The number of benzene rings is 9. The topological polar surface area (TPSA) is 35.6 Å². The van der Waals surface area contributed by atoms with Gasteiger partial charge in [-0.2, -0.15) is 0 Å². The average Bonchev–Trinajstić information content (AvgIpc) is 3.96. The van der Waals surface area contributed by atoms with E-state index in [1.807, 2.05) is 12.1 Å². The van der Waals surface area contributed by atoms with Crippen LogP contribution in [-0.2, 0) is 5.41 Å². The summed E-state index contributed by atoms with van der Waals surface area (Å²) in [7, 11) is 0. The van der Waals surface area contributed by atoms with Gasteiger partial charge in [-0.1, -0.05) is 159 Å². The summed E-state index contributed by atoms with van der Waals surface area (Å²) in [6, 6.07) is 78.9. The van der Waals surface area contributed by atoms with Gasteiger partial charge in [0.1, 0.15) is 0 Å². The molecule has 306 valence electrons. The molecule has 0 spiro atoms. The number of aromatic nitrogens is 4. The monoisotopic (exact) mass is 830 g/mol. The molecule has 0 fully saturated rings. The van der Waals surface area contributed by atoms with Crippen molar-refractivity contribution < 1.29 is 0 Å². The Labute approximate surface area is 377 Å². The van der Waals surface area contributed by atoms with Gasteiger partial charge >= 0.3 is 0 Å². The Balaban J connectivity index is 0.960. The number of nitrogens with zero attached hydrogens (tertiary/aromatic N) is 4. The van der Waals surface area contributed by atoms with Crippen LogP contribution in [0.15, 0.2) is 218 Å². The Morgan fingerprint density at radius 2 is 0.846 bits per heavy atom. The van der Waals surface area contributed by atoms with E-state index in [9.17, 15) is 0 Å². The van der Waals surface area contributed by atoms with Crippen LogP contribution in [0.4, 0.5) is 0 Å². The van der Waals surface area contributed by atoms with Crippen LogP contribution < -0.4 is 0 Å². The summed E-state index contributed by atoms with van der Waals surface area (Å²) in [6.45, 7) is 4.73. The van der Waals surface area contributed by atoms with Gasteiger partial charge in [0.25, 0.3) is 0 Å². The molecule has 3 heterocycles. The zero-order chi connectivity index (χ0) is 43.2. The molecule has 0 saturated carbocycles. The average molecular weight is 831 g/mol. The van der Waals surface area contributed by atoms with E-state index < -0.39 is 0 Å². The van der Waals surface area contributed by atoms with Gasteiger partial charge < -0.3 is 9.13 Å². The van der Waals surface area contributed by atoms with E-state index in [4.69, 9.17) is 9.97 Å². The SMILES string of the molecule is CC1(C)c2ccccc2-c2cc3c4cc(-c5ccc6c(c5)c5ccccc5n6-c5cccc(-c6nc(-c7ccccc7)cc(-c7ccccc7)n6)c5)ccc4n(-c4ccccc4)c3cc21. The van der Waals surface area contributed by atoms with Crippen LogP contribution in [0, 0.1) is 0 Å². The van der Waals surface area contributed by atoms with Crippen LogP contribution >= 0.6 is 0 Å². The van der Waals surface area contributed by atoms with Crippen molar-refractivity contribution in [3.05, 3.63) is 230 Å². The maximum atomic E-state index is 5.16. The number of para-hydroxylation sites is 2. The van der Waals surface area contributed by atoms with Gasteiger partial charge in [-0.15, -0.1) is 0 Å². The molecule has 0 amide bonds. The molecule has 0 N–H and O–H groups in total. The molecule has 4 nitrogen and oxygen atoms in total. The van der Waals surface area contributed by atoms with Crippen molar-refractivity contribution in [2.24, 2.45) is 0 Å². The second kappa shape index (κ2) is 14.3. The molecule has 9 aromatic carbocycles. The predicted octanol–water partition coefficient (Wildman–Crippen LogP) is 15.6. The first-order valence-corrected chi connectivity index (χ1v) is 22.4. The van der Waals surface area contributed by atoms with Gasteiger partial charge in [0, 0.05) is 55.0 Å². The predicted molar refractivity (Wildman–Crippen MR) is 270 cm³/mol. The largest absolute Gasteiger partial charge is 0.309 e. The highest BCUT2D eigenvalue weighted by molar-refractivity contribution is 6.14. The highest BCUT2D eigenvalue weighted by Gasteiger charge is 2.36. The minimum Gasteiger partial charge on any atom is -0.309 e. The molecule has 1 aliphatic carbocycles. The van der Waals surface area contributed by atoms with E-state index in [-0.39, 0.29) is 5.41 Å². The van der Waals surface area contributed by atoms with E-state index in [1.165, 1.54) is 71.6 Å². The summed E-state index contributed by atoms with van der Waals surface area (Å²) in [5.41, 5.74) is 19.5. The second-order valence-corrected chi connectivity index (χ2v) is 17.8. The zero-order valence-corrected chi connectivity index (χ0v) is 36.1. The first kappa shape index (κ1) is 37.2. The summed E-state index contributed by atoms with van der Waals surface area (Å²) in [5.74, 6) is 0.692. The van der Waals surface area contributed by atoms with Crippen LogP contribution in [0.1, 0.15) is 25.0 Å². The molecule has 0 aliphatic heterocycles. The molecule has 65 heavy (non-hydrogen) atoms. The molecule has 4 heteroatoms. The normalized spacial score (nSPS) is 12.9. The minimum absolute atomic E-state index is 0.0910. The van der Waals surface area contributed by atoms with Crippen molar-refractivity contribution in [2.45, 2.75) is 19.3 Å². The highest BCUT2D eigenvalue weighted by atomic mass is 15.0. The maximum Gasteiger partial charge on any atom is 0.160 e. The Morgan fingerprint density at radius 1 is 0.323 bits per heavy atom. The minimum atomic E-state index is -0.0910. The van der Waals surface area contributed by atoms with Crippen LogP contribution in [0.5, 0.6) is 0 Å². The first-order chi connectivity index (χ1) is 32.0. The molecule has 1 aliphatic rings. The smallest absolute Gasteiger partial charge is 0.160 e. The lowest BCUT2D eigenvalue weighted by molar-refractivity contribution is 0.661. The number of rotatable bonds is 6. The van der Waals surface area contributed by atoms with E-state index >= 15 is 0 Å². The van der Waals surface area contributed by atoms with E-state index in [0.717, 1.165) is 44.8 Å². The molecule has 0 bridgehead atoms. The van der Waals surface area contributed by atoms with Gasteiger partial charge in [-0.3, -0.25) is 0 Å². The fourth-order valence-corrected chi connectivity index (χ4v) is 10.6. The number of hydrogen-bond acceptors (Lipinski definition) is 2. The quantitative estimate of drug-likeness (QED) is 0.167. The maximum absolute atomic E-state index is 5.16. The fourth-order valence-electron chi connectivity index (χ4n) is 10.6. The Kier molecular flexibility index (Phi) is 8.22. The van der Waals surface area contributed by atoms with Gasteiger partial charge in [0.05, 0.1) is 33.5 Å². The standard InChI is InChI=1S/C61H42N4/c1-61(2)52-27-14-12-25-46(52)48-36-51-50-35-42(30-32-58(50)64(59(51)37-53(48)61)44-22-10-5-11-23-44)41-29-31-57-49(34-41)47-26-13-15-28-56(47)65(57)45-24-16-21-43(33-45)60-62-54(39-17-6-3-7-18-39)38-55(63-60)40-19-8-4-9-20-40/h3-38H,1-2H3. The highest BCUT2D eigenvalue weighted by Crippen LogP contribution is 2.51. The molecular formula is C61H42N4. The zero-order valence-electron chi connectivity index (χ0n) is 36.1. The second-order valence-electron chi connectivity index (χ2n) is 17.8. The Bertz CT molecular complexity index is 3780.